The maximum absolute atomic E-state index is 12.6. The van der Waals surface area contributed by atoms with Gasteiger partial charge >= 0.3 is 0 Å². The van der Waals surface area contributed by atoms with Crippen LogP contribution in [0.25, 0.3) is 0 Å². The smallest absolute Gasteiger partial charge is 0.290 e. The molecule has 1 atom stereocenters. The summed E-state index contributed by atoms with van der Waals surface area (Å²) in [5.74, 6) is 1.04. The van der Waals surface area contributed by atoms with Gasteiger partial charge < -0.3 is 19.1 Å². The zero-order chi connectivity index (χ0) is 17.5. The number of piperidine rings is 1. The van der Waals surface area contributed by atoms with Gasteiger partial charge in [0.1, 0.15) is 24.5 Å². The quantitative estimate of drug-likeness (QED) is 0.836. The molecule has 2 aromatic heterocycles. The van der Waals surface area contributed by atoms with Crippen molar-refractivity contribution in [2.45, 2.75) is 38.8 Å². The van der Waals surface area contributed by atoms with Crippen LogP contribution in [0.2, 0.25) is 0 Å². The Bertz CT molecular complexity index is 646. The third kappa shape index (κ3) is 3.98. The Kier molecular flexibility index (Phi) is 6.05. The molecule has 0 saturated carbocycles. The molecule has 0 aliphatic carbocycles. The fraction of sp³-hybridized carbons (Fsp3) is 0.533. The highest BCUT2D eigenvalue weighted by Crippen LogP contribution is 2.23. The summed E-state index contributed by atoms with van der Waals surface area (Å²) in [5, 5.41) is 14.6. The summed E-state index contributed by atoms with van der Waals surface area (Å²) >= 11 is 0. The number of carbonyl (C=O) groups is 2. The van der Waals surface area contributed by atoms with Gasteiger partial charge in [0.05, 0.1) is 0 Å². The lowest BCUT2D eigenvalue weighted by atomic mass is 10.0. The molecule has 1 N–H and O–H groups in total. The fourth-order valence-corrected chi connectivity index (χ4v) is 2.96. The Labute approximate surface area is 139 Å². The molecule has 1 amide bonds. The van der Waals surface area contributed by atoms with Gasteiger partial charge in [-0.3, -0.25) is 9.59 Å². The van der Waals surface area contributed by atoms with Crippen molar-refractivity contribution in [1.29, 1.82) is 0 Å². The summed E-state index contributed by atoms with van der Waals surface area (Å²) in [5.41, 5.74) is 0. The molecule has 1 saturated heterocycles. The number of imidazole rings is 1. The lowest BCUT2D eigenvalue weighted by Gasteiger charge is -2.34. The number of carboxylic acid groups (broad SMARTS) is 1. The average molecular weight is 334 g/mol. The third-order valence-corrected chi connectivity index (χ3v) is 4.27. The summed E-state index contributed by atoms with van der Waals surface area (Å²) in [6.45, 7) is 5.16. The van der Waals surface area contributed by atoms with E-state index in [0.717, 1.165) is 31.8 Å². The number of amides is 1. The molecule has 2 aromatic rings. The molecule has 9 nitrogen and oxygen atoms in total. The number of likely N-dealkylation sites (tertiary alicyclic amines) is 1. The molecule has 0 bridgehead atoms. The van der Waals surface area contributed by atoms with Crippen molar-refractivity contribution in [3.63, 3.8) is 0 Å². The van der Waals surface area contributed by atoms with Gasteiger partial charge in [0.15, 0.2) is 0 Å². The minimum atomic E-state index is -0.250. The number of carbonyl (C=O) groups excluding carboxylic acids is 1. The molecular weight excluding hydrogens is 312 g/mol. The topological polar surface area (TPSA) is 106 Å². The maximum Gasteiger partial charge on any atom is 0.290 e. The first-order chi connectivity index (χ1) is 11.6. The van der Waals surface area contributed by atoms with Crippen LogP contribution in [0.1, 0.15) is 37.7 Å². The number of nitrogens with zero attached hydrogens (tertiary/aromatic N) is 6. The second-order valence-electron chi connectivity index (χ2n) is 5.63. The molecule has 1 aliphatic heterocycles. The minimum absolute atomic E-state index is 0.165. The summed E-state index contributed by atoms with van der Waals surface area (Å²) < 4.78 is 3.96. The average Bonchev–Trinajstić information content (AvgIpc) is 3.26. The van der Waals surface area contributed by atoms with Gasteiger partial charge in [-0.15, -0.1) is 10.2 Å². The first kappa shape index (κ1) is 17.6. The number of hydrogen-bond acceptors (Lipinski definition) is 5. The predicted octanol–water partition coefficient (Wildman–Crippen LogP) is 0.909. The van der Waals surface area contributed by atoms with E-state index >= 15 is 0 Å². The van der Waals surface area contributed by atoms with Crippen LogP contribution in [0.15, 0.2) is 25.0 Å². The van der Waals surface area contributed by atoms with Gasteiger partial charge in [-0.1, -0.05) is 0 Å². The van der Waals surface area contributed by atoms with E-state index in [0.29, 0.717) is 6.04 Å². The second kappa shape index (κ2) is 8.23. The SMILES string of the molecule is Cc1nccn1C(C)C(=O)N1CCC(n2cnnc2)CC1.O=CO. The number of hydrogen-bond donors (Lipinski definition) is 1. The summed E-state index contributed by atoms with van der Waals surface area (Å²) in [4.78, 5) is 27.1. The Morgan fingerprint density at radius 3 is 2.42 bits per heavy atom. The van der Waals surface area contributed by atoms with E-state index < -0.39 is 0 Å². The maximum atomic E-state index is 12.6. The molecule has 0 radical (unpaired) electrons. The Morgan fingerprint density at radius 1 is 1.33 bits per heavy atom. The Morgan fingerprint density at radius 2 is 1.92 bits per heavy atom. The van der Waals surface area contributed by atoms with Crippen molar-refractivity contribution in [3.8, 4) is 0 Å². The van der Waals surface area contributed by atoms with E-state index in [1.54, 1.807) is 18.9 Å². The molecule has 1 unspecified atom stereocenters. The van der Waals surface area contributed by atoms with Gasteiger partial charge in [0, 0.05) is 31.5 Å². The van der Waals surface area contributed by atoms with Crippen LogP contribution in [0.4, 0.5) is 0 Å². The van der Waals surface area contributed by atoms with Gasteiger partial charge in [-0.05, 0) is 26.7 Å². The monoisotopic (exact) mass is 334 g/mol. The van der Waals surface area contributed by atoms with Crippen LogP contribution in [-0.2, 0) is 9.59 Å². The van der Waals surface area contributed by atoms with E-state index in [-0.39, 0.29) is 18.4 Å². The largest absolute Gasteiger partial charge is 0.483 e. The summed E-state index contributed by atoms with van der Waals surface area (Å²) in [6, 6.07) is 0.202. The van der Waals surface area contributed by atoms with Crippen molar-refractivity contribution in [2.75, 3.05) is 13.1 Å². The van der Waals surface area contributed by atoms with Crippen molar-refractivity contribution in [2.24, 2.45) is 0 Å². The van der Waals surface area contributed by atoms with E-state index in [1.807, 2.05) is 34.1 Å². The highest BCUT2D eigenvalue weighted by atomic mass is 16.3. The third-order valence-electron chi connectivity index (χ3n) is 4.27. The first-order valence-corrected chi connectivity index (χ1v) is 7.78. The van der Waals surface area contributed by atoms with Crippen LogP contribution in [-0.4, -0.2) is 59.8 Å². The number of aromatic nitrogens is 5. The molecule has 9 heteroatoms. The van der Waals surface area contributed by atoms with E-state index in [2.05, 4.69) is 15.2 Å². The highest BCUT2D eigenvalue weighted by molar-refractivity contribution is 5.80. The normalized spacial score (nSPS) is 16.2. The molecular formula is C15H22N6O3. The van der Waals surface area contributed by atoms with Crippen molar-refractivity contribution >= 4 is 12.4 Å². The molecule has 130 valence electrons. The molecule has 1 aliphatic rings. The molecule has 24 heavy (non-hydrogen) atoms. The van der Waals surface area contributed by atoms with Crippen LogP contribution in [0, 0.1) is 6.92 Å². The van der Waals surface area contributed by atoms with Gasteiger partial charge in [0.2, 0.25) is 5.91 Å². The predicted molar refractivity (Wildman–Crippen MR) is 85.2 cm³/mol. The molecule has 3 rings (SSSR count). The van der Waals surface area contributed by atoms with Crippen LogP contribution in [0.5, 0.6) is 0 Å². The molecule has 3 heterocycles. The lowest BCUT2D eigenvalue weighted by molar-refractivity contribution is -0.135. The van der Waals surface area contributed by atoms with Crippen molar-refractivity contribution in [1.82, 2.24) is 29.2 Å². The molecule has 0 aromatic carbocycles. The molecule has 1 fully saturated rings. The van der Waals surface area contributed by atoms with Gasteiger partial charge in [0.25, 0.3) is 6.47 Å². The van der Waals surface area contributed by atoms with Gasteiger partial charge in [-0.2, -0.15) is 0 Å². The zero-order valence-electron chi connectivity index (χ0n) is 13.8. The standard InChI is InChI=1S/C14H20N6O.CH2O2/c1-11(20-8-5-15-12(20)2)14(21)18-6-3-13(4-7-18)19-9-16-17-10-19;2-1-3/h5,8-11,13H,3-4,6-7H2,1-2H3;1H,(H,2,3). The number of aryl methyl sites for hydroxylation is 1. The van der Waals surface area contributed by atoms with Crippen LogP contribution >= 0.6 is 0 Å². The first-order valence-electron chi connectivity index (χ1n) is 7.78. The molecule has 0 spiro atoms. The second-order valence-corrected chi connectivity index (χ2v) is 5.63. The lowest BCUT2D eigenvalue weighted by Crippen LogP contribution is -2.42. The highest BCUT2D eigenvalue weighted by Gasteiger charge is 2.27. The zero-order valence-corrected chi connectivity index (χ0v) is 13.8. The fourth-order valence-electron chi connectivity index (χ4n) is 2.96. The van der Waals surface area contributed by atoms with E-state index in [9.17, 15) is 4.79 Å². The summed E-state index contributed by atoms with van der Waals surface area (Å²) in [7, 11) is 0. The van der Waals surface area contributed by atoms with Crippen LogP contribution < -0.4 is 0 Å². The Balaban J connectivity index is 0.000000647. The van der Waals surface area contributed by atoms with Crippen molar-refractivity contribution < 1.29 is 14.7 Å². The van der Waals surface area contributed by atoms with E-state index in [1.165, 1.54) is 0 Å². The Hall–Kier alpha value is -2.71. The van der Waals surface area contributed by atoms with E-state index in [4.69, 9.17) is 9.90 Å². The van der Waals surface area contributed by atoms with Gasteiger partial charge in [-0.25, -0.2) is 4.98 Å². The minimum Gasteiger partial charge on any atom is -0.483 e. The number of rotatable bonds is 3. The van der Waals surface area contributed by atoms with Crippen molar-refractivity contribution in [3.05, 3.63) is 30.9 Å². The summed E-state index contributed by atoms with van der Waals surface area (Å²) in [6.07, 6.45) is 8.98. The van der Waals surface area contributed by atoms with Crippen LogP contribution in [0.3, 0.4) is 0 Å².